The minimum atomic E-state index is -1.04. The smallest absolute Gasteiger partial charge is 0.170 e. The number of nitrogens with zero attached hydrogens (tertiary/aromatic N) is 2. The van der Waals surface area contributed by atoms with Crippen LogP contribution in [0.15, 0.2) is 35.6 Å². The SMILES string of the molecule is CSc1nc(-c2cccc(N)c2)cn1COCC[Si](C)(C)C. The Morgan fingerprint density at radius 1 is 1.32 bits per heavy atom. The number of anilines is 1. The van der Waals surface area contributed by atoms with Gasteiger partial charge < -0.3 is 15.0 Å². The summed E-state index contributed by atoms with van der Waals surface area (Å²) in [6.45, 7) is 8.45. The second-order valence-corrected chi connectivity index (χ2v) is 13.0. The standard InChI is InChI=1S/C16H25N3OSSi/c1-21-16-18-15(13-6-5-7-14(17)10-13)11-19(16)12-20-8-9-22(2,3)4/h5-7,10-11H,8-9,12,17H2,1-4H3. The summed E-state index contributed by atoms with van der Waals surface area (Å²) < 4.78 is 7.89. The number of hydrogen-bond donors (Lipinski definition) is 1. The van der Waals surface area contributed by atoms with Crippen molar-refractivity contribution in [2.45, 2.75) is 37.6 Å². The third kappa shape index (κ3) is 4.90. The predicted octanol–water partition coefficient (Wildman–Crippen LogP) is 4.17. The first kappa shape index (κ1) is 17.1. The normalized spacial score (nSPS) is 11.8. The largest absolute Gasteiger partial charge is 0.399 e. The molecule has 1 heterocycles. The Hall–Kier alpha value is -1.24. The molecule has 6 heteroatoms. The van der Waals surface area contributed by atoms with E-state index in [1.54, 1.807) is 11.8 Å². The van der Waals surface area contributed by atoms with E-state index in [1.165, 1.54) is 6.04 Å². The van der Waals surface area contributed by atoms with E-state index in [0.29, 0.717) is 6.73 Å². The van der Waals surface area contributed by atoms with Gasteiger partial charge in [0.2, 0.25) is 0 Å². The molecular weight excluding hydrogens is 310 g/mol. The molecule has 0 bridgehead atoms. The Labute approximate surface area is 138 Å². The number of nitrogen functional groups attached to an aromatic ring is 1. The molecule has 0 saturated heterocycles. The van der Waals surface area contributed by atoms with Crippen LogP contribution in [0.25, 0.3) is 11.3 Å². The molecule has 0 aliphatic carbocycles. The number of aromatic nitrogens is 2. The number of rotatable bonds is 7. The van der Waals surface area contributed by atoms with Gasteiger partial charge in [-0.15, -0.1) is 0 Å². The lowest BCUT2D eigenvalue weighted by atomic mass is 10.1. The first-order valence-corrected chi connectivity index (χ1v) is 12.4. The van der Waals surface area contributed by atoms with Crippen LogP contribution in [0.1, 0.15) is 0 Å². The number of benzene rings is 1. The molecule has 120 valence electrons. The molecule has 1 aromatic heterocycles. The average molecular weight is 336 g/mol. The quantitative estimate of drug-likeness (QED) is 0.357. The maximum Gasteiger partial charge on any atom is 0.170 e. The number of thioether (sulfide) groups is 1. The van der Waals surface area contributed by atoms with Gasteiger partial charge in [-0.2, -0.15) is 0 Å². The fraction of sp³-hybridized carbons (Fsp3) is 0.438. The fourth-order valence-electron chi connectivity index (χ4n) is 2.03. The highest BCUT2D eigenvalue weighted by Crippen LogP contribution is 2.24. The Morgan fingerprint density at radius 3 is 2.73 bits per heavy atom. The number of nitrogens with two attached hydrogens (primary N) is 1. The maximum atomic E-state index is 5.85. The summed E-state index contributed by atoms with van der Waals surface area (Å²) >= 11 is 1.63. The molecule has 0 spiro atoms. The summed E-state index contributed by atoms with van der Waals surface area (Å²) in [5, 5.41) is 0.963. The summed E-state index contributed by atoms with van der Waals surface area (Å²) in [5.74, 6) is 0. The zero-order valence-electron chi connectivity index (χ0n) is 13.8. The highest BCUT2D eigenvalue weighted by Gasteiger charge is 2.13. The van der Waals surface area contributed by atoms with Gasteiger partial charge in [-0.1, -0.05) is 43.5 Å². The second kappa shape index (κ2) is 7.35. The number of hydrogen-bond acceptors (Lipinski definition) is 4. The third-order valence-electron chi connectivity index (χ3n) is 3.33. The summed E-state index contributed by atoms with van der Waals surface area (Å²) in [4.78, 5) is 4.67. The lowest BCUT2D eigenvalue weighted by Crippen LogP contribution is -2.22. The predicted molar refractivity (Wildman–Crippen MR) is 98.0 cm³/mol. The van der Waals surface area contributed by atoms with Crippen LogP contribution >= 0.6 is 11.8 Å². The summed E-state index contributed by atoms with van der Waals surface area (Å²) in [5.41, 5.74) is 8.58. The van der Waals surface area contributed by atoms with Crippen molar-refractivity contribution in [3.05, 3.63) is 30.5 Å². The number of imidazole rings is 1. The third-order valence-corrected chi connectivity index (χ3v) is 5.73. The molecule has 0 aliphatic rings. The van der Waals surface area contributed by atoms with Crippen molar-refractivity contribution in [2.75, 3.05) is 18.6 Å². The highest BCUT2D eigenvalue weighted by atomic mass is 32.2. The molecule has 0 atom stereocenters. The van der Waals surface area contributed by atoms with Crippen molar-refractivity contribution in [1.29, 1.82) is 0 Å². The van der Waals surface area contributed by atoms with Crippen molar-refractivity contribution in [1.82, 2.24) is 9.55 Å². The van der Waals surface area contributed by atoms with Crippen molar-refractivity contribution >= 4 is 25.5 Å². The van der Waals surface area contributed by atoms with E-state index in [-0.39, 0.29) is 0 Å². The first-order valence-electron chi connectivity index (χ1n) is 7.44. The molecule has 2 N–H and O–H groups in total. The lowest BCUT2D eigenvalue weighted by Gasteiger charge is -2.15. The van der Waals surface area contributed by atoms with Crippen molar-refractivity contribution in [3.63, 3.8) is 0 Å². The molecule has 0 saturated carbocycles. The maximum absolute atomic E-state index is 5.85. The van der Waals surface area contributed by atoms with Crippen LogP contribution in [0.5, 0.6) is 0 Å². The molecule has 0 unspecified atom stereocenters. The van der Waals surface area contributed by atoms with Gasteiger partial charge in [-0.25, -0.2) is 4.98 Å². The zero-order valence-corrected chi connectivity index (χ0v) is 15.6. The summed E-state index contributed by atoms with van der Waals surface area (Å²) in [6.07, 6.45) is 4.07. The molecule has 4 nitrogen and oxygen atoms in total. The van der Waals surface area contributed by atoms with Crippen LogP contribution in [-0.2, 0) is 11.5 Å². The Bertz CT molecular complexity index is 622. The van der Waals surface area contributed by atoms with Gasteiger partial charge >= 0.3 is 0 Å². The first-order chi connectivity index (χ1) is 10.4. The molecule has 2 rings (SSSR count). The fourth-order valence-corrected chi connectivity index (χ4v) is 3.32. The molecule has 0 fully saturated rings. The van der Waals surface area contributed by atoms with Gasteiger partial charge in [-0.05, 0) is 24.4 Å². The topological polar surface area (TPSA) is 53.1 Å². The Kier molecular flexibility index (Phi) is 5.72. The molecule has 0 radical (unpaired) electrons. The van der Waals surface area contributed by atoms with Crippen LogP contribution in [0.3, 0.4) is 0 Å². The van der Waals surface area contributed by atoms with Crippen LogP contribution in [-0.4, -0.2) is 30.5 Å². The van der Waals surface area contributed by atoms with Gasteiger partial charge in [0.15, 0.2) is 5.16 Å². The van der Waals surface area contributed by atoms with E-state index in [4.69, 9.17) is 10.5 Å². The van der Waals surface area contributed by atoms with Crippen molar-refractivity contribution in [3.8, 4) is 11.3 Å². The molecule has 1 aromatic carbocycles. The molecule has 2 aromatic rings. The minimum Gasteiger partial charge on any atom is -0.399 e. The monoisotopic (exact) mass is 335 g/mol. The van der Waals surface area contributed by atoms with Crippen molar-refractivity contribution in [2.24, 2.45) is 0 Å². The minimum absolute atomic E-state index is 0.552. The Balaban J connectivity index is 2.06. The molecule has 22 heavy (non-hydrogen) atoms. The van der Waals surface area contributed by atoms with E-state index in [2.05, 4.69) is 29.2 Å². The van der Waals surface area contributed by atoms with E-state index >= 15 is 0 Å². The van der Waals surface area contributed by atoms with Crippen LogP contribution in [0.4, 0.5) is 5.69 Å². The van der Waals surface area contributed by atoms with Crippen LogP contribution in [0, 0.1) is 0 Å². The van der Waals surface area contributed by atoms with E-state index < -0.39 is 8.07 Å². The van der Waals surface area contributed by atoms with Gasteiger partial charge in [0.25, 0.3) is 0 Å². The lowest BCUT2D eigenvalue weighted by molar-refractivity contribution is 0.0814. The average Bonchev–Trinajstić information content (AvgIpc) is 2.86. The van der Waals surface area contributed by atoms with E-state index in [0.717, 1.165) is 28.7 Å². The van der Waals surface area contributed by atoms with Gasteiger partial charge in [-0.3, -0.25) is 0 Å². The van der Waals surface area contributed by atoms with Gasteiger partial charge in [0.1, 0.15) is 6.73 Å². The van der Waals surface area contributed by atoms with Crippen LogP contribution < -0.4 is 5.73 Å². The Morgan fingerprint density at radius 2 is 2.09 bits per heavy atom. The summed E-state index contributed by atoms with van der Waals surface area (Å²) in [7, 11) is -1.04. The van der Waals surface area contributed by atoms with Gasteiger partial charge in [0.05, 0.1) is 5.69 Å². The van der Waals surface area contributed by atoms with Crippen molar-refractivity contribution < 1.29 is 4.74 Å². The van der Waals surface area contributed by atoms with E-state index in [9.17, 15) is 0 Å². The molecule has 0 amide bonds. The number of ether oxygens (including phenoxy) is 1. The van der Waals surface area contributed by atoms with Gasteiger partial charge in [0, 0.05) is 32.1 Å². The molecule has 0 aliphatic heterocycles. The molecular formula is C16H25N3OSSi. The second-order valence-electron chi connectivity index (χ2n) is 6.56. The highest BCUT2D eigenvalue weighted by molar-refractivity contribution is 7.98. The zero-order chi connectivity index (χ0) is 16.2. The van der Waals surface area contributed by atoms with E-state index in [1.807, 2.05) is 36.7 Å². The summed E-state index contributed by atoms with van der Waals surface area (Å²) in [6, 6.07) is 8.99. The van der Waals surface area contributed by atoms with Crippen LogP contribution in [0.2, 0.25) is 25.7 Å².